The lowest BCUT2D eigenvalue weighted by atomic mass is 10.1. The normalized spacial score (nSPS) is 23.1. The van der Waals surface area contributed by atoms with Crippen LogP contribution in [0.5, 0.6) is 0 Å². The molecule has 0 saturated heterocycles. The van der Waals surface area contributed by atoms with Gasteiger partial charge in [-0.2, -0.15) is 0 Å². The first-order valence-corrected chi connectivity index (χ1v) is 4.31. The molecule has 0 aromatic heterocycles. The van der Waals surface area contributed by atoms with Gasteiger partial charge in [-0.05, 0) is 19.8 Å². The molecule has 2 nitrogen and oxygen atoms in total. The molecule has 66 valence electrons. The molecule has 12 heavy (non-hydrogen) atoms. The minimum atomic E-state index is -0.202. The molecule has 0 aromatic carbocycles. The molecule has 0 radical (unpaired) electrons. The van der Waals surface area contributed by atoms with E-state index in [2.05, 4.69) is 6.08 Å². The van der Waals surface area contributed by atoms with Gasteiger partial charge in [0.05, 0.1) is 0 Å². The Morgan fingerprint density at radius 2 is 2.58 bits per heavy atom. The third kappa shape index (κ3) is 2.91. The highest BCUT2D eigenvalue weighted by molar-refractivity contribution is 5.82. The summed E-state index contributed by atoms with van der Waals surface area (Å²) < 4.78 is 5.07. The molecule has 0 fully saturated rings. The number of hydrogen-bond donors (Lipinski definition) is 0. The second-order valence-corrected chi connectivity index (χ2v) is 2.84. The Morgan fingerprint density at radius 1 is 1.75 bits per heavy atom. The highest BCUT2D eigenvalue weighted by Crippen LogP contribution is 2.12. The molecule has 0 aromatic rings. The summed E-state index contributed by atoms with van der Waals surface area (Å²) in [5.41, 5.74) is 0. The van der Waals surface area contributed by atoms with Crippen LogP contribution in [0.1, 0.15) is 26.2 Å². The maximum atomic E-state index is 10.8. The molecule has 0 saturated carbocycles. The highest BCUT2D eigenvalue weighted by atomic mass is 16.5. The van der Waals surface area contributed by atoms with Gasteiger partial charge < -0.3 is 4.74 Å². The van der Waals surface area contributed by atoms with Gasteiger partial charge in [0.1, 0.15) is 6.10 Å². The van der Waals surface area contributed by atoms with Gasteiger partial charge in [0, 0.05) is 12.5 Å². The number of esters is 1. The Kier molecular flexibility index (Phi) is 3.58. The van der Waals surface area contributed by atoms with Crippen LogP contribution in [0.2, 0.25) is 0 Å². The zero-order valence-electron chi connectivity index (χ0n) is 7.32. The number of rotatable bonds is 3. The predicted octanol–water partition coefficient (Wildman–Crippen LogP) is 2.21. The van der Waals surface area contributed by atoms with Crippen LogP contribution in [0.4, 0.5) is 0 Å². The van der Waals surface area contributed by atoms with Crippen molar-refractivity contribution in [3.05, 3.63) is 24.3 Å². The fourth-order valence-electron chi connectivity index (χ4n) is 1.19. The fraction of sp³-hybridized carbons (Fsp3) is 0.500. The zero-order chi connectivity index (χ0) is 8.81. The Balaban J connectivity index is 2.25. The maximum absolute atomic E-state index is 10.8. The van der Waals surface area contributed by atoms with Crippen molar-refractivity contribution in [3.63, 3.8) is 0 Å². The smallest absolute Gasteiger partial charge is 0.330 e. The van der Waals surface area contributed by atoms with Crippen molar-refractivity contribution in [1.29, 1.82) is 0 Å². The van der Waals surface area contributed by atoms with E-state index in [0.29, 0.717) is 0 Å². The van der Waals surface area contributed by atoms with Crippen LogP contribution in [0, 0.1) is 0 Å². The number of carbonyl (C=O) groups excluding carboxylic acids is 1. The molecule has 1 rings (SSSR count). The predicted molar refractivity (Wildman–Crippen MR) is 47.7 cm³/mol. The summed E-state index contributed by atoms with van der Waals surface area (Å²) in [5.74, 6) is -0.202. The molecule has 0 N–H and O–H groups in total. The van der Waals surface area contributed by atoms with Crippen molar-refractivity contribution in [1.82, 2.24) is 0 Å². The monoisotopic (exact) mass is 166 g/mol. The third-order valence-electron chi connectivity index (χ3n) is 1.83. The topological polar surface area (TPSA) is 26.3 Å². The molecule has 0 aliphatic carbocycles. The fourth-order valence-corrected chi connectivity index (χ4v) is 1.19. The maximum Gasteiger partial charge on any atom is 0.330 e. The summed E-state index contributed by atoms with van der Waals surface area (Å²) >= 11 is 0. The quantitative estimate of drug-likeness (QED) is 0.474. The first-order valence-electron chi connectivity index (χ1n) is 4.31. The molecule has 0 spiro atoms. The van der Waals surface area contributed by atoms with Gasteiger partial charge in [-0.1, -0.05) is 18.2 Å². The highest BCUT2D eigenvalue weighted by Gasteiger charge is 2.14. The summed E-state index contributed by atoms with van der Waals surface area (Å²) in [6.07, 6.45) is 10.4. The minimum Gasteiger partial charge on any atom is -0.459 e. The van der Waals surface area contributed by atoms with Crippen molar-refractivity contribution < 1.29 is 9.53 Å². The lowest BCUT2D eigenvalue weighted by Gasteiger charge is -2.17. The molecule has 0 bridgehead atoms. The number of hydrogen-bond acceptors (Lipinski definition) is 2. The van der Waals surface area contributed by atoms with E-state index in [4.69, 9.17) is 4.74 Å². The van der Waals surface area contributed by atoms with Crippen LogP contribution >= 0.6 is 0 Å². The summed E-state index contributed by atoms with van der Waals surface area (Å²) in [4.78, 5) is 10.8. The molecule has 1 atom stereocenters. The first kappa shape index (κ1) is 9.04. The van der Waals surface area contributed by atoms with E-state index < -0.39 is 0 Å². The molecule has 1 aliphatic rings. The number of cyclic esters (lactones) is 1. The third-order valence-corrected chi connectivity index (χ3v) is 1.83. The second kappa shape index (κ2) is 4.75. The van der Waals surface area contributed by atoms with Gasteiger partial charge in [0.15, 0.2) is 0 Å². The second-order valence-electron chi connectivity index (χ2n) is 2.84. The van der Waals surface area contributed by atoms with Gasteiger partial charge in [0.25, 0.3) is 0 Å². The van der Waals surface area contributed by atoms with Gasteiger partial charge in [-0.3, -0.25) is 0 Å². The Bertz CT molecular complexity index is 204. The zero-order valence-corrected chi connectivity index (χ0v) is 7.32. The van der Waals surface area contributed by atoms with Crippen LogP contribution in [-0.2, 0) is 9.53 Å². The first-order chi connectivity index (χ1) is 5.83. The van der Waals surface area contributed by atoms with Crippen LogP contribution in [0.3, 0.4) is 0 Å². The standard InChI is InChI=1S/C10H14O2/c1-2-3-4-6-9-7-5-8-10(11)12-9/h2-3,5,8-9H,4,6-7H2,1H3/b3-2-/t9-/m0/s1. The molecule has 0 unspecified atom stereocenters. The Labute approximate surface area is 72.9 Å². The molecular weight excluding hydrogens is 152 g/mol. The van der Waals surface area contributed by atoms with E-state index in [1.807, 2.05) is 19.1 Å². The van der Waals surface area contributed by atoms with Crippen molar-refractivity contribution in [3.8, 4) is 0 Å². The molecule has 1 heterocycles. The van der Waals surface area contributed by atoms with Crippen molar-refractivity contribution in [2.24, 2.45) is 0 Å². The lowest BCUT2D eigenvalue weighted by molar-refractivity contribution is -0.144. The van der Waals surface area contributed by atoms with Gasteiger partial charge in [-0.15, -0.1) is 0 Å². The van der Waals surface area contributed by atoms with E-state index in [-0.39, 0.29) is 12.1 Å². The van der Waals surface area contributed by atoms with Crippen LogP contribution in [0.15, 0.2) is 24.3 Å². The molecule has 2 heteroatoms. The Hall–Kier alpha value is -1.05. The van der Waals surface area contributed by atoms with Crippen LogP contribution in [0.25, 0.3) is 0 Å². The van der Waals surface area contributed by atoms with Crippen LogP contribution in [-0.4, -0.2) is 12.1 Å². The van der Waals surface area contributed by atoms with Crippen molar-refractivity contribution >= 4 is 5.97 Å². The number of ether oxygens (including phenoxy) is 1. The molecular formula is C10H14O2. The summed E-state index contributed by atoms with van der Waals surface area (Å²) in [6.45, 7) is 1.99. The summed E-state index contributed by atoms with van der Waals surface area (Å²) in [5, 5.41) is 0. The summed E-state index contributed by atoms with van der Waals surface area (Å²) in [7, 11) is 0. The van der Waals surface area contributed by atoms with E-state index in [0.717, 1.165) is 19.3 Å². The average molecular weight is 166 g/mol. The van der Waals surface area contributed by atoms with Crippen molar-refractivity contribution in [2.45, 2.75) is 32.3 Å². The SMILES string of the molecule is C/C=C\CC[C@H]1CC=CC(=O)O1. The van der Waals surface area contributed by atoms with Gasteiger partial charge in [0.2, 0.25) is 0 Å². The molecule has 0 amide bonds. The minimum absolute atomic E-state index is 0.0960. The van der Waals surface area contributed by atoms with Gasteiger partial charge >= 0.3 is 5.97 Å². The number of allylic oxidation sites excluding steroid dienone is 2. The Morgan fingerprint density at radius 3 is 3.25 bits per heavy atom. The number of carbonyl (C=O) groups is 1. The van der Waals surface area contributed by atoms with E-state index in [9.17, 15) is 4.79 Å². The van der Waals surface area contributed by atoms with Crippen LogP contribution < -0.4 is 0 Å². The van der Waals surface area contributed by atoms with E-state index >= 15 is 0 Å². The summed E-state index contributed by atoms with van der Waals surface area (Å²) in [6, 6.07) is 0. The lowest BCUT2D eigenvalue weighted by Crippen LogP contribution is -2.19. The molecule has 1 aliphatic heterocycles. The van der Waals surface area contributed by atoms with E-state index in [1.54, 1.807) is 0 Å². The largest absolute Gasteiger partial charge is 0.459 e. The van der Waals surface area contributed by atoms with Crippen molar-refractivity contribution in [2.75, 3.05) is 0 Å². The van der Waals surface area contributed by atoms with E-state index in [1.165, 1.54) is 6.08 Å². The average Bonchev–Trinajstić information content (AvgIpc) is 2.05. The van der Waals surface area contributed by atoms with Gasteiger partial charge in [-0.25, -0.2) is 4.79 Å².